The van der Waals surface area contributed by atoms with Crippen molar-refractivity contribution in [3.05, 3.63) is 53.6 Å². The second kappa shape index (κ2) is 5.06. The van der Waals surface area contributed by atoms with Crippen molar-refractivity contribution in [1.29, 1.82) is 0 Å². The van der Waals surface area contributed by atoms with Gasteiger partial charge in [-0.1, -0.05) is 6.07 Å². The topological polar surface area (TPSA) is 49.4 Å². The summed E-state index contributed by atoms with van der Waals surface area (Å²) in [5.41, 5.74) is 0.202. The van der Waals surface area contributed by atoms with Crippen LogP contribution in [-0.2, 0) is 0 Å². The summed E-state index contributed by atoms with van der Waals surface area (Å²) in [7, 11) is 1.39. The fourth-order valence-electron chi connectivity index (χ4n) is 1.71. The first-order valence-corrected chi connectivity index (χ1v) is 5.37. The van der Waals surface area contributed by atoms with Gasteiger partial charge < -0.3 is 14.6 Å². The summed E-state index contributed by atoms with van der Waals surface area (Å²) in [4.78, 5) is 10.6. The van der Waals surface area contributed by atoms with Crippen LogP contribution in [0, 0.1) is 11.6 Å². The van der Waals surface area contributed by atoms with Crippen molar-refractivity contribution in [3.63, 3.8) is 0 Å². The van der Waals surface area contributed by atoms with E-state index in [-0.39, 0.29) is 0 Å². The Kier molecular flexibility index (Phi) is 3.46. The molecule has 0 atom stereocenters. The van der Waals surface area contributed by atoms with E-state index >= 15 is 0 Å². The van der Waals surface area contributed by atoms with Crippen LogP contribution >= 0.6 is 0 Å². The highest BCUT2D eigenvalue weighted by Gasteiger charge is 2.08. The van der Waals surface area contributed by atoms with Gasteiger partial charge in [0.15, 0.2) is 0 Å². The Morgan fingerprint density at radius 2 is 1.84 bits per heavy atom. The summed E-state index contributed by atoms with van der Waals surface area (Å²) in [6, 6.07) is 7.39. The van der Waals surface area contributed by atoms with E-state index in [0.29, 0.717) is 16.9 Å². The molecular weight excluding hydrogens is 254 g/mol. The molecule has 0 heterocycles. The lowest BCUT2D eigenvalue weighted by molar-refractivity contribution is -0.255. The highest BCUT2D eigenvalue weighted by molar-refractivity contribution is 5.87. The molecule has 0 amide bonds. The van der Waals surface area contributed by atoms with Gasteiger partial charge in [0.2, 0.25) is 0 Å². The van der Waals surface area contributed by atoms with E-state index in [1.54, 1.807) is 0 Å². The number of hydrogen-bond acceptors (Lipinski definition) is 3. The maximum Gasteiger partial charge on any atom is 0.132 e. The first-order chi connectivity index (χ1) is 9.01. The summed E-state index contributed by atoms with van der Waals surface area (Å²) in [5, 5.41) is 10.6. The molecule has 0 saturated heterocycles. The normalized spacial score (nSPS) is 10.3. The molecule has 2 aromatic carbocycles. The number of carboxylic acid groups (broad SMARTS) is 1. The Morgan fingerprint density at radius 3 is 2.42 bits per heavy atom. The lowest BCUT2D eigenvalue weighted by atomic mass is 10.0. The maximum absolute atomic E-state index is 13.5. The highest BCUT2D eigenvalue weighted by atomic mass is 19.1. The molecule has 2 aromatic rings. The number of aromatic carboxylic acids is 1. The molecule has 0 unspecified atom stereocenters. The molecule has 0 aliphatic carbocycles. The standard InChI is InChI=1S/C14H10F2O3/c1-19-11-5-9(4-10(15)7-11)8-2-3-12(14(17)18)13(16)6-8/h2-7H,1H3,(H,17,18)/p-1. The van der Waals surface area contributed by atoms with Crippen LogP contribution in [0.15, 0.2) is 36.4 Å². The lowest BCUT2D eigenvalue weighted by Gasteiger charge is -2.08. The third kappa shape index (κ3) is 2.70. The van der Waals surface area contributed by atoms with Crippen molar-refractivity contribution < 1.29 is 23.4 Å². The number of carboxylic acids is 1. The van der Waals surface area contributed by atoms with Crippen LogP contribution in [0.3, 0.4) is 0 Å². The number of ether oxygens (including phenoxy) is 1. The van der Waals surface area contributed by atoms with Gasteiger partial charge >= 0.3 is 0 Å². The molecule has 0 bridgehead atoms. The van der Waals surface area contributed by atoms with Gasteiger partial charge in [-0.15, -0.1) is 0 Å². The van der Waals surface area contributed by atoms with E-state index in [4.69, 9.17) is 4.74 Å². The Hall–Kier alpha value is -2.43. The van der Waals surface area contributed by atoms with Crippen LogP contribution in [0.2, 0.25) is 0 Å². The van der Waals surface area contributed by atoms with E-state index in [9.17, 15) is 18.7 Å². The van der Waals surface area contributed by atoms with Crippen molar-refractivity contribution in [2.45, 2.75) is 0 Å². The fraction of sp³-hybridized carbons (Fsp3) is 0.0714. The lowest BCUT2D eigenvalue weighted by Crippen LogP contribution is -2.23. The van der Waals surface area contributed by atoms with Gasteiger partial charge in [0.25, 0.3) is 0 Å². The van der Waals surface area contributed by atoms with Crippen LogP contribution in [0.1, 0.15) is 10.4 Å². The fourth-order valence-corrected chi connectivity index (χ4v) is 1.71. The van der Waals surface area contributed by atoms with Gasteiger partial charge in [0.1, 0.15) is 17.4 Å². The van der Waals surface area contributed by atoms with Gasteiger partial charge in [-0.3, -0.25) is 0 Å². The largest absolute Gasteiger partial charge is 0.545 e. The monoisotopic (exact) mass is 263 g/mol. The maximum atomic E-state index is 13.5. The van der Waals surface area contributed by atoms with E-state index in [0.717, 1.165) is 12.1 Å². The zero-order valence-electron chi connectivity index (χ0n) is 9.94. The first kappa shape index (κ1) is 13.0. The Morgan fingerprint density at radius 1 is 1.11 bits per heavy atom. The Bertz CT molecular complexity index is 639. The van der Waals surface area contributed by atoms with Crippen molar-refractivity contribution in [2.75, 3.05) is 7.11 Å². The summed E-state index contributed by atoms with van der Waals surface area (Å²) in [6.07, 6.45) is 0. The van der Waals surface area contributed by atoms with Crippen molar-refractivity contribution in [2.24, 2.45) is 0 Å². The summed E-state index contributed by atoms with van der Waals surface area (Å²) >= 11 is 0. The average Bonchev–Trinajstić information content (AvgIpc) is 2.37. The number of methoxy groups -OCH3 is 1. The third-order valence-corrected chi connectivity index (χ3v) is 2.63. The Balaban J connectivity index is 2.50. The molecule has 0 aliphatic heterocycles. The van der Waals surface area contributed by atoms with Crippen LogP contribution in [-0.4, -0.2) is 13.1 Å². The van der Waals surface area contributed by atoms with Gasteiger partial charge in [-0.25, -0.2) is 8.78 Å². The highest BCUT2D eigenvalue weighted by Crippen LogP contribution is 2.26. The predicted octanol–water partition coefficient (Wildman–Crippen LogP) is 2.00. The van der Waals surface area contributed by atoms with Gasteiger partial charge in [-0.2, -0.15) is 0 Å². The average molecular weight is 263 g/mol. The van der Waals surface area contributed by atoms with E-state index in [1.807, 2.05) is 0 Å². The number of halogens is 2. The molecule has 0 spiro atoms. The SMILES string of the molecule is COc1cc(F)cc(-c2ccc(C(=O)[O-])c(F)c2)c1. The Labute approximate surface area is 108 Å². The molecule has 0 aromatic heterocycles. The molecule has 3 nitrogen and oxygen atoms in total. The van der Waals surface area contributed by atoms with E-state index < -0.39 is 23.2 Å². The molecule has 98 valence electrons. The zero-order valence-corrected chi connectivity index (χ0v) is 9.94. The number of rotatable bonds is 3. The van der Waals surface area contributed by atoms with Gasteiger partial charge in [0, 0.05) is 11.6 Å². The summed E-state index contributed by atoms with van der Waals surface area (Å²) in [6.45, 7) is 0. The van der Waals surface area contributed by atoms with Crippen LogP contribution in [0.5, 0.6) is 5.75 Å². The van der Waals surface area contributed by atoms with E-state index in [1.165, 1.54) is 31.4 Å². The van der Waals surface area contributed by atoms with Crippen molar-refractivity contribution >= 4 is 5.97 Å². The second-order valence-corrected chi connectivity index (χ2v) is 3.86. The molecule has 19 heavy (non-hydrogen) atoms. The van der Waals surface area contributed by atoms with Crippen LogP contribution in [0.25, 0.3) is 11.1 Å². The molecule has 0 N–H and O–H groups in total. The molecule has 0 saturated carbocycles. The molecule has 0 aliphatic rings. The number of hydrogen-bond donors (Lipinski definition) is 0. The predicted molar refractivity (Wildman–Crippen MR) is 62.7 cm³/mol. The van der Waals surface area contributed by atoms with Crippen molar-refractivity contribution in [1.82, 2.24) is 0 Å². The second-order valence-electron chi connectivity index (χ2n) is 3.86. The van der Waals surface area contributed by atoms with Crippen LogP contribution in [0.4, 0.5) is 8.78 Å². The minimum absolute atomic E-state index is 0.291. The first-order valence-electron chi connectivity index (χ1n) is 5.37. The van der Waals surface area contributed by atoms with E-state index in [2.05, 4.69) is 0 Å². The molecule has 5 heteroatoms. The molecule has 2 rings (SSSR count). The smallest absolute Gasteiger partial charge is 0.132 e. The number of carbonyl (C=O) groups excluding carboxylic acids is 1. The van der Waals surface area contributed by atoms with Crippen LogP contribution < -0.4 is 9.84 Å². The number of carbonyl (C=O) groups is 1. The third-order valence-electron chi connectivity index (χ3n) is 2.63. The van der Waals surface area contributed by atoms with Gasteiger partial charge in [0.05, 0.1) is 13.1 Å². The summed E-state index contributed by atoms with van der Waals surface area (Å²) < 4.78 is 31.8. The summed E-state index contributed by atoms with van der Waals surface area (Å²) in [5.74, 6) is -2.76. The minimum Gasteiger partial charge on any atom is -0.545 e. The molecule has 0 radical (unpaired) electrons. The van der Waals surface area contributed by atoms with Gasteiger partial charge in [-0.05, 0) is 35.4 Å². The zero-order chi connectivity index (χ0) is 14.0. The number of benzene rings is 2. The minimum atomic E-state index is -1.60. The quantitative estimate of drug-likeness (QED) is 0.851. The molecular formula is C14H9F2O3-. The molecule has 0 fully saturated rings. The van der Waals surface area contributed by atoms with Crippen molar-refractivity contribution in [3.8, 4) is 16.9 Å².